The number of likely N-dealkylation sites (tertiary alicyclic amines) is 1. The van der Waals surface area contributed by atoms with Gasteiger partial charge in [-0.3, -0.25) is 4.90 Å². The quantitative estimate of drug-likeness (QED) is 0.775. The summed E-state index contributed by atoms with van der Waals surface area (Å²) in [6, 6.07) is 1.16. The summed E-state index contributed by atoms with van der Waals surface area (Å²) in [6.07, 6.45) is 8.12. The molecule has 15 heavy (non-hydrogen) atoms. The van der Waals surface area contributed by atoms with E-state index in [4.69, 9.17) is 5.73 Å². The first-order chi connectivity index (χ1) is 7.15. The molecular formula is C13H26N2. The lowest BCUT2D eigenvalue weighted by atomic mass is 9.66. The van der Waals surface area contributed by atoms with E-state index < -0.39 is 0 Å². The molecule has 0 spiro atoms. The van der Waals surface area contributed by atoms with Gasteiger partial charge in [-0.1, -0.05) is 13.3 Å². The van der Waals surface area contributed by atoms with Crippen LogP contribution < -0.4 is 5.73 Å². The van der Waals surface area contributed by atoms with Crippen molar-refractivity contribution in [1.29, 1.82) is 0 Å². The van der Waals surface area contributed by atoms with Crippen LogP contribution in [0.5, 0.6) is 0 Å². The number of nitrogens with two attached hydrogens (primary N) is 1. The number of hydrogen-bond acceptors (Lipinski definition) is 2. The Kier molecular flexibility index (Phi) is 3.36. The predicted molar refractivity (Wildman–Crippen MR) is 64.8 cm³/mol. The monoisotopic (exact) mass is 210 g/mol. The van der Waals surface area contributed by atoms with Crippen LogP contribution in [0.25, 0.3) is 0 Å². The van der Waals surface area contributed by atoms with Crippen molar-refractivity contribution in [3.63, 3.8) is 0 Å². The van der Waals surface area contributed by atoms with Crippen molar-refractivity contribution in [3.05, 3.63) is 0 Å². The fourth-order valence-corrected chi connectivity index (χ4v) is 3.22. The van der Waals surface area contributed by atoms with Crippen LogP contribution in [-0.2, 0) is 0 Å². The average Bonchev–Trinajstić information content (AvgIpc) is 2.14. The smallest absolute Gasteiger partial charge is 0.00819 e. The van der Waals surface area contributed by atoms with E-state index in [1.807, 2.05) is 0 Å². The largest absolute Gasteiger partial charge is 0.328 e. The molecule has 2 fully saturated rings. The summed E-state index contributed by atoms with van der Waals surface area (Å²) in [5.74, 6) is 0. The fraction of sp³-hybridized carbons (Fsp3) is 1.00. The lowest BCUT2D eigenvalue weighted by Crippen LogP contribution is -2.51. The average molecular weight is 210 g/mol. The van der Waals surface area contributed by atoms with Crippen LogP contribution >= 0.6 is 0 Å². The van der Waals surface area contributed by atoms with Crippen molar-refractivity contribution in [2.75, 3.05) is 13.1 Å². The van der Waals surface area contributed by atoms with Gasteiger partial charge in [0.15, 0.2) is 0 Å². The summed E-state index contributed by atoms with van der Waals surface area (Å²) in [4.78, 5) is 2.69. The third kappa shape index (κ3) is 2.36. The molecule has 2 aliphatic rings. The lowest BCUT2D eigenvalue weighted by molar-refractivity contribution is 0.0274. The van der Waals surface area contributed by atoms with Gasteiger partial charge < -0.3 is 5.73 Å². The zero-order valence-electron chi connectivity index (χ0n) is 10.3. The highest BCUT2D eigenvalue weighted by Gasteiger charge is 2.38. The van der Waals surface area contributed by atoms with Gasteiger partial charge in [0.1, 0.15) is 0 Å². The van der Waals surface area contributed by atoms with Gasteiger partial charge in [-0.05, 0) is 51.0 Å². The van der Waals surface area contributed by atoms with Crippen molar-refractivity contribution in [2.45, 2.75) is 64.5 Å². The Hall–Kier alpha value is -0.0800. The van der Waals surface area contributed by atoms with E-state index in [9.17, 15) is 0 Å². The molecule has 0 amide bonds. The number of piperidine rings is 1. The summed E-state index contributed by atoms with van der Waals surface area (Å²) in [7, 11) is 0. The number of hydrogen-bond donors (Lipinski definition) is 1. The van der Waals surface area contributed by atoms with Crippen LogP contribution in [0.1, 0.15) is 52.4 Å². The first-order valence-electron chi connectivity index (χ1n) is 6.65. The molecule has 2 N–H and O–H groups in total. The Morgan fingerprint density at radius 2 is 2.13 bits per heavy atom. The maximum Gasteiger partial charge on any atom is 0.00819 e. The molecule has 1 saturated carbocycles. The Labute approximate surface area is 94.2 Å². The molecule has 2 unspecified atom stereocenters. The first-order valence-corrected chi connectivity index (χ1v) is 6.65. The van der Waals surface area contributed by atoms with Crippen molar-refractivity contribution < 1.29 is 0 Å². The summed E-state index contributed by atoms with van der Waals surface area (Å²) in [6.45, 7) is 7.27. The molecular weight excluding hydrogens is 184 g/mol. The first kappa shape index (κ1) is 11.4. The van der Waals surface area contributed by atoms with Gasteiger partial charge in [-0.15, -0.1) is 0 Å². The SMILES string of the molecule is CCC1(CN2CCC(N)CC2C)CCC1. The minimum Gasteiger partial charge on any atom is -0.328 e. The van der Waals surface area contributed by atoms with Crippen molar-refractivity contribution in [3.8, 4) is 0 Å². The molecule has 2 atom stereocenters. The summed E-state index contributed by atoms with van der Waals surface area (Å²) < 4.78 is 0. The standard InChI is InChI=1S/C13H26N2/c1-3-13(6-4-7-13)10-15-8-5-12(14)9-11(15)2/h11-12H,3-10,14H2,1-2H3. The van der Waals surface area contributed by atoms with Gasteiger partial charge >= 0.3 is 0 Å². The second-order valence-corrected chi connectivity index (χ2v) is 5.81. The normalized spacial score (nSPS) is 36.2. The van der Waals surface area contributed by atoms with E-state index >= 15 is 0 Å². The van der Waals surface area contributed by atoms with E-state index in [0.29, 0.717) is 17.5 Å². The highest BCUT2D eigenvalue weighted by Crippen LogP contribution is 2.45. The van der Waals surface area contributed by atoms with Gasteiger partial charge in [0.05, 0.1) is 0 Å². The second kappa shape index (κ2) is 4.42. The Balaban J connectivity index is 1.88. The van der Waals surface area contributed by atoms with Crippen LogP contribution in [0.2, 0.25) is 0 Å². The Bertz CT molecular complexity index is 205. The molecule has 1 aliphatic carbocycles. The third-order valence-electron chi connectivity index (χ3n) is 4.76. The van der Waals surface area contributed by atoms with Gasteiger partial charge in [-0.25, -0.2) is 0 Å². The molecule has 88 valence electrons. The summed E-state index contributed by atoms with van der Waals surface area (Å²) >= 11 is 0. The molecule has 1 heterocycles. The van der Waals surface area contributed by atoms with Crippen LogP contribution in [0.15, 0.2) is 0 Å². The third-order valence-corrected chi connectivity index (χ3v) is 4.76. The van der Waals surface area contributed by atoms with E-state index in [-0.39, 0.29) is 0 Å². The molecule has 0 aromatic rings. The van der Waals surface area contributed by atoms with Crippen LogP contribution in [0, 0.1) is 5.41 Å². The highest BCUT2D eigenvalue weighted by atomic mass is 15.2. The Morgan fingerprint density at radius 1 is 1.40 bits per heavy atom. The maximum absolute atomic E-state index is 6.00. The minimum atomic E-state index is 0.454. The molecule has 1 saturated heterocycles. The number of nitrogens with zero attached hydrogens (tertiary/aromatic N) is 1. The molecule has 1 aliphatic heterocycles. The van der Waals surface area contributed by atoms with Gasteiger partial charge in [-0.2, -0.15) is 0 Å². The zero-order valence-corrected chi connectivity index (χ0v) is 10.3. The van der Waals surface area contributed by atoms with Crippen molar-refractivity contribution in [1.82, 2.24) is 4.90 Å². The molecule has 2 rings (SSSR count). The van der Waals surface area contributed by atoms with Crippen LogP contribution in [0.3, 0.4) is 0 Å². The maximum atomic E-state index is 6.00. The predicted octanol–water partition coefficient (Wildman–Crippen LogP) is 2.38. The van der Waals surface area contributed by atoms with Crippen molar-refractivity contribution in [2.24, 2.45) is 11.1 Å². The number of rotatable bonds is 3. The highest BCUT2D eigenvalue weighted by molar-refractivity contribution is 4.92. The molecule has 0 aromatic heterocycles. The van der Waals surface area contributed by atoms with Crippen LogP contribution in [-0.4, -0.2) is 30.1 Å². The van der Waals surface area contributed by atoms with E-state index in [1.54, 1.807) is 0 Å². The van der Waals surface area contributed by atoms with Gasteiger partial charge in [0, 0.05) is 18.6 Å². The lowest BCUT2D eigenvalue weighted by Gasteiger charge is -2.48. The van der Waals surface area contributed by atoms with Gasteiger partial charge in [0.2, 0.25) is 0 Å². The molecule has 2 nitrogen and oxygen atoms in total. The molecule has 0 aromatic carbocycles. The summed E-state index contributed by atoms with van der Waals surface area (Å²) in [5, 5.41) is 0. The fourth-order valence-electron chi connectivity index (χ4n) is 3.22. The Morgan fingerprint density at radius 3 is 2.60 bits per heavy atom. The summed E-state index contributed by atoms with van der Waals surface area (Å²) in [5.41, 5.74) is 6.68. The molecule has 0 radical (unpaired) electrons. The zero-order chi connectivity index (χ0) is 10.9. The molecule has 2 heteroatoms. The topological polar surface area (TPSA) is 29.3 Å². The van der Waals surface area contributed by atoms with E-state index in [2.05, 4.69) is 18.7 Å². The van der Waals surface area contributed by atoms with Gasteiger partial charge in [0.25, 0.3) is 0 Å². The van der Waals surface area contributed by atoms with Crippen molar-refractivity contribution >= 4 is 0 Å². The van der Waals surface area contributed by atoms with E-state index in [1.165, 1.54) is 51.6 Å². The van der Waals surface area contributed by atoms with Crippen LogP contribution in [0.4, 0.5) is 0 Å². The van der Waals surface area contributed by atoms with E-state index in [0.717, 1.165) is 0 Å². The molecule has 0 bridgehead atoms. The second-order valence-electron chi connectivity index (χ2n) is 5.81. The minimum absolute atomic E-state index is 0.454.